The summed E-state index contributed by atoms with van der Waals surface area (Å²) in [7, 11) is 1.58. The molecule has 1 fully saturated rings. The van der Waals surface area contributed by atoms with Crippen molar-refractivity contribution >= 4 is 5.91 Å². The zero-order valence-electron chi connectivity index (χ0n) is 13.1. The van der Waals surface area contributed by atoms with Gasteiger partial charge in [-0.15, -0.1) is 0 Å². The molecule has 5 nitrogen and oxygen atoms in total. The lowest BCUT2D eigenvalue weighted by Crippen LogP contribution is -2.25. The third-order valence-corrected chi connectivity index (χ3v) is 3.78. The zero-order valence-corrected chi connectivity index (χ0v) is 13.1. The molecule has 0 saturated heterocycles. The number of carbonyl (C=O) groups is 1. The van der Waals surface area contributed by atoms with E-state index in [1.165, 1.54) is 12.8 Å². The van der Waals surface area contributed by atoms with E-state index in [-0.39, 0.29) is 5.91 Å². The maximum absolute atomic E-state index is 12.2. The number of aromatic nitrogens is 1. The minimum absolute atomic E-state index is 0.0813. The molecular formula is C18H20N2O3. The van der Waals surface area contributed by atoms with Crippen molar-refractivity contribution in [2.45, 2.75) is 19.4 Å². The van der Waals surface area contributed by atoms with Gasteiger partial charge in [0.05, 0.1) is 12.8 Å². The fourth-order valence-corrected chi connectivity index (χ4v) is 2.23. The summed E-state index contributed by atoms with van der Waals surface area (Å²) >= 11 is 0. The number of ether oxygens (including phenoxy) is 2. The Morgan fingerprint density at radius 2 is 2.13 bits per heavy atom. The molecule has 0 bridgehead atoms. The highest BCUT2D eigenvalue weighted by atomic mass is 16.5. The number of nitrogens with one attached hydrogen (secondary N) is 1. The smallest absolute Gasteiger partial charge is 0.251 e. The van der Waals surface area contributed by atoms with E-state index in [0.29, 0.717) is 29.6 Å². The van der Waals surface area contributed by atoms with Crippen LogP contribution in [0.2, 0.25) is 0 Å². The number of hydrogen-bond donors (Lipinski definition) is 1. The van der Waals surface area contributed by atoms with E-state index in [1.807, 2.05) is 18.2 Å². The van der Waals surface area contributed by atoms with Crippen molar-refractivity contribution in [2.75, 3.05) is 13.7 Å². The molecule has 0 unspecified atom stereocenters. The molecule has 1 aliphatic rings. The average molecular weight is 312 g/mol. The first-order valence-electron chi connectivity index (χ1n) is 7.75. The number of nitrogens with zero attached hydrogens (tertiary/aromatic N) is 1. The summed E-state index contributed by atoms with van der Waals surface area (Å²) in [5, 5.41) is 2.95. The van der Waals surface area contributed by atoms with Gasteiger partial charge in [-0.1, -0.05) is 6.07 Å². The molecule has 1 amide bonds. The highest BCUT2D eigenvalue weighted by Crippen LogP contribution is 2.30. The minimum atomic E-state index is -0.0813. The fraction of sp³-hybridized carbons (Fsp3) is 0.333. The van der Waals surface area contributed by atoms with Crippen LogP contribution in [0.25, 0.3) is 0 Å². The number of carbonyl (C=O) groups excluding carboxylic acids is 1. The lowest BCUT2D eigenvalue weighted by atomic mass is 10.2. The van der Waals surface area contributed by atoms with Crippen LogP contribution in [0.5, 0.6) is 11.5 Å². The fourth-order valence-electron chi connectivity index (χ4n) is 2.23. The van der Waals surface area contributed by atoms with Crippen LogP contribution < -0.4 is 14.8 Å². The van der Waals surface area contributed by atoms with Gasteiger partial charge in [-0.3, -0.25) is 9.78 Å². The minimum Gasteiger partial charge on any atom is -0.493 e. The Bertz CT molecular complexity index is 669. The van der Waals surface area contributed by atoms with E-state index in [0.717, 1.165) is 12.2 Å². The largest absolute Gasteiger partial charge is 0.493 e. The number of methoxy groups -OCH3 is 1. The highest BCUT2D eigenvalue weighted by molar-refractivity contribution is 5.94. The predicted octanol–water partition coefficient (Wildman–Crippen LogP) is 2.81. The van der Waals surface area contributed by atoms with Crippen molar-refractivity contribution in [3.63, 3.8) is 0 Å². The summed E-state index contributed by atoms with van der Waals surface area (Å²) in [6.07, 6.45) is 4.14. The highest BCUT2D eigenvalue weighted by Gasteiger charge is 2.22. The Morgan fingerprint density at radius 3 is 2.83 bits per heavy atom. The van der Waals surface area contributed by atoms with Gasteiger partial charge in [-0.25, -0.2) is 0 Å². The third-order valence-electron chi connectivity index (χ3n) is 3.78. The molecule has 2 aromatic rings. The van der Waals surface area contributed by atoms with E-state index >= 15 is 0 Å². The van der Waals surface area contributed by atoms with Crippen LogP contribution in [-0.4, -0.2) is 24.5 Å². The summed E-state index contributed by atoms with van der Waals surface area (Å²) in [5.41, 5.74) is 1.39. The Kier molecular flexibility index (Phi) is 4.76. The van der Waals surface area contributed by atoms with Gasteiger partial charge in [0.25, 0.3) is 5.91 Å². The molecule has 0 aliphatic heterocycles. The van der Waals surface area contributed by atoms with Gasteiger partial charge in [-0.05, 0) is 49.1 Å². The number of hydrogen-bond acceptors (Lipinski definition) is 4. The molecule has 1 aromatic heterocycles. The van der Waals surface area contributed by atoms with Crippen molar-refractivity contribution in [3.8, 4) is 11.5 Å². The first kappa shape index (κ1) is 15.3. The SMILES string of the molecule is COc1ccc(C(=O)NCC2CC2)cc1OCc1ccccn1. The van der Waals surface area contributed by atoms with Gasteiger partial charge in [0.2, 0.25) is 0 Å². The summed E-state index contributed by atoms with van der Waals surface area (Å²) in [6, 6.07) is 10.9. The number of benzene rings is 1. The van der Waals surface area contributed by atoms with Crippen LogP contribution in [0.1, 0.15) is 28.9 Å². The van der Waals surface area contributed by atoms with Gasteiger partial charge in [0.15, 0.2) is 11.5 Å². The van der Waals surface area contributed by atoms with Crippen LogP contribution >= 0.6 is 0 Å². The number of amides is 1. The molecular weight excluding hydrogens is 292 g/mol. The van der Waals surface area contributed by atoms with Gasteiger partial charge < -0.3 is 14.8 Å². The molecule has 23 heavy (non-hydrogen) atoms. The van der Waals surface area contributed by atoms with Crippen LogP contribution in [0.4, 0.5) is 0 Å². The standard InChI is InChI=1S/C18H20N2O3/c1-22-16-8-7-14(18(21)20-11-13-5-6-13)10-17(16)23-12-15-4-2-3-9-19-15/h2-4,7-10,13H,5-6,11-12H2,1H3,(H,20,21). The Labute approximate surface area is 135 Å². The first-order valence-corrected chi connectivity index (χ1v) is 7.75. The van der Waals surface area contributed by atoms with Crippen LogP contribution in [-0.2, 0) is 6.61 Å². The predicted molar refractivity (Wildman–Crippen MR) is 86.6 cm³/mol. The van der Waals surface area contributed by atoms with Crippen molar-refractivity contribution in [3.05, 3.63) is 53.9 Å². The molecule has 0 spiro atoms. The molecule has 1 aliphatic carbocycles. The zero-order chi connectivity index (χ0) is 16.1. The average Bonchev–Trinajstić information content (AvgIpc) is 3.43. The lowest BCUT2D eigenvalue weighted by molar-refractivity contribution is 0.0951. The van der Waals surface area contributed by atoms with Crippen LogP contribution in [0.3, 0.4) is 0 Å². The van der Waals surface area contributed by atoms with Crippen molar-refractivity contribution in [1.29, 1.82) is 0 Å². The summed E-state index contributed by atoms with van der Waals surface area (Å²) in [6.45, 7) is 1.07. The van der Waals surface area contributed by atoms with Crippen LogP contribution in [0.15, 0.2) is 42.6 Å². The monoisotopic (exact) mass is 312 g/mol. The number of pyridine rings is 1. The molecule has 0 radical (unpaired) electrons. The quantitative estimate of drug-likeness (QED) is 0.854. The second kappa shape index (κ2) is 7.13. The molecule has 1 aromatic carbocycles. The van der Waals surface area contributed by atoms with E-state index in [2.05, 4.69) is 10.3 Å². The van der Waals surface area contributed by atoms with E-state index < -0.39 is 0 Å². The Morgan fingerprint density at radius 1 is 1.26 bits per heavy atom. The molecule has 5 heteroatoms. The van der Waals surface area contributed by atoms with Gasteiger partial charge in [0, 0.05) is 18.3 Å². The van der Waals surface area contributed by atoms with E-state index in [9.17, 15) is 4.79 Å². The second-order valence-electron chi connectivity index (χ2n) is 5.63. The maximum Gasteiger partial charge on any atom is 0.251 e. The van der Waals surface area contributed by atoms with E-state index in [4.69, 9.17) is 9.47 Å². The van der Waals surface area contributed by atoms with E-state index in [1.54, 1.807) is 31.5 Å². The van der Waals surface area contributed by atoms with Gasteiger partial charge in [-0.2, -0.15) is 0 Å². The topological polar surface area (TPSA) is 60.5 Å². The molecule has 0 atom stereocenters. The van der Waals surface area contributed by atoms with Crippen LogP contribution in [0, 0.1) is 5.92 Å². The summed E-state index contributed by atoms with van der Waals surface area (Å²) in [5.74, 6) is 1.70. The second-order valence-corrected chi connectivity index (χ2v) is 5.63. The Hall–Kier alpha value is -2.56. The van der Waals surface area contributed by atoms with Gasteiger partial charge >= 0.3 is 0 Å². The molecule has 1 heterocycles. The first-order chi connectivity index (χ1) is 11.3. The van der Waals surface area contributed by atoms with Crippen molar-refractivity contribution in [2.24, 2.45) is 5.92 Å². The lowest BCUT2D eigenvalue weighted by Gasteiger charge is -2.12. The van der Waals surface area contributed by atoms with Crippen molar-refractivity contribution in [1.82, 2.24) is 10.3 Å². The maximum atomic E-state index is 12.2. The van der Waals surface area contributed by atoms with Crippen molar-refractivity contribution < 1.29 is 14.3 Å². The molecule has 1 saturated carbocycles. The molecule has 120 valence electrons. The summed E-state index contributed by atoms with van der Waals surface area (Å²) in [4.78, 5) is 16.4. The number of rotatable bonds is 7. The molecule has 3 rings (SSSR count). The summed E-state index contributed by atoms with van der Waals surface area (Å²) < 4.78 is 11.1. The van der Waals surface area contributed by atoms with Gasteiger partial charge in [0.1, 0.15) is 6.61 Å². The molecule has 1 N–H and O–H groups in total. The normalized spacial score (nSPS) is 13.4. The Balaban J connectivity index is 1.69. The third kappa shape index (κ3) is 4.22.